The molecule has 1 aliphatic heterocycles. The van der Waals surface area contributed by atoms with Gasteiger partial charge in [0.15, 0.2) is 0 Å². The third kappa shape index (κ3) is 7.47. The summed E-state index contributed by atoms with van der Waals surface area (Å²) in [6.07, 6.45) is 9.14. The Labute approximate surface area is 141 Å². The average molecular weight is 314 g/mol. The van der Waals surface area contributed by atoms with Crippen LogP contribution in [0.1, 0.15) is 45.1 Å². The van der Waals surface area contributed by atoms with E-state index in [-0.39, 0.29) is 0 Å². The van der Waals surface area contributed by atoms with Crippen LogP contribution >= 0.6 is 0 Å². The highest BCUT2D eigenvalue weighted by molar-refractivity contribution is 5.97. The van der Waals surface area contributed by atoms with Crippen molar-refractivity contribution in [1.82, 2.24) is 4.90 Å². The largest absolute Gasteiger partial charge is 0.394 e. The molecule has 0 bridgehead atoms. The Morgan fingerprint density at radius 1 is 1.17 bits per heavy atom. The molecule has 0 aromatic heterocycles. The topological polar surface area (TPSA) is 24.8 Å². The molecule has 3 nitrogen and oxygen atoms in total. The van der Waals surface area contributed by atoms with Gasteiger partial charge >= 0.3 is 0 Å². The summed E-state index contributed by atoms with van der Waals surface area (Å²) in [5.74, 6) is 0.569. The number of rotatable bonds is 8. The van der Waals surface area contributed by atoms with Crippen molar-refractivity contribution in [2.75, 3.05) is 26.2 Å². The second kappa shape index (κ2) is 10.2. The third-order valence-electron chi connectivity index (χ3n) is 4.01. The molecule has 1 fully saturated rings. The molecule has 0 radical (unpaired) electrons. The van der Waals surface area contributed by atoms with E-state index in [2.05, 4.69) is 48.2 Å². The van der Waals surface area contributed by atoms with E-state index in [0.29, 0.717) is 12.5 Å². The highest BCUT2D eigenvalue weighted by Crippen LogP contribution is 2.09. The number of hydrogen-bond donors (Lipinski definition) is 0. The summed E-state index contributed by atoms with van der Waals surface area (Å²) in [5.41, 5.74) is 2.21. The maximum atomic E-state index is 5.58. The highest BCUT2D eigenvalue weighted by atomic mass is 16.6. The summed E-state index contributed by atoms with van der Waals surface area (Å²) in [7, 11) is 0. The quantitative estimate of drug-likeness (QED) is 0.398. The Hall–Kier alpha value is -1.61. The van der Waals surface area contributed by atoms with Crippen molar-refractivity contribution < 1.29 is 4.84 Å². The minimum atomic E-state index is 0.569. The fourth-order valence-electron chi connectivity index (χ4n) is 2.79. The lowest BCUT2D eigenvalue weighted by Gasteiger charge is -2.25. The van der Waals surface area contributed by atoms with Gasteiger partial charge in [-0.15, -0.1) is 0 Å². The number of hydrogen-bond acceptors (Lipinski definition) is 3. The van der Waals surface area contributed by atoms with Gasteiger partial charge in [-0.05, 0) is 49.9 Å². The Bertz CT molecular complexity index is 488. The zero-order valence-electron chi connectivity index (χ0n) is 14.6. The summed E-state index contributed by atoms with van der Waals surface area (Å²) < 4.78 is 0. The minimum Gasteiger partial charge on any atom is -0.394 e. The first-order valence-corrected chi connectivity index (χ1v) is 8.88. The fraction of sp³-hybridized carbons (Fsp3) is 0.550. The van der Waals surface area contributed by atoms with Crippen LogP contribution in [-0.2, 0) is 4.84 Å². The maximum Gasteiger partial charge on any atom is 0.129 e. The average Bonchev–Trinajstić information content (AvgIpc) is 2.58. The van der Waals surface area contributed by atoms with Crippen LogP contribution in [0.25, 0.3) is 6.08 Å². The normalized spacial score (nSPS) is 17.1. The van der Waals surface area contributed by atoms with Crippen molar-refractivity contribution in [2.45, 2.75) is 39.5 Å². The zero-order chi connectivity index (χ0) is 16.3. The lowest BCUT2D eigenvalue weighted by molar-refractivity contribution is 0.102. The van der Waals surface area contributed by atoms with Gasteiger partial charge in [0.1, 0.15) is 6.61 Å². The molecule has 3 heteroatoms. The lowest BCUT2D eigenvalue weighted by atomic mass is 10.1. The van der Waals surface area contributed by atoms with Crippen LogP contribution in [0, 0.1) is 5.92 Å². The van der Waals surface area contributed by atoms with Crippen molar-refractivity contribution >= 4 is 11.8 Å². The van der Waals surface area contributed by atoms with Gasteiger partial charge in [0.05, 0.1) is 5.71 Å². The van der Waals surface area contributed by atoms with Crippen LogP contribution in [0.3, 0.4) is 0 Å². The fourth-order valence-corrected chi connectivity index (χ4v) is 2.79. The molecular weight excluding hydrogens is 284 g/mol. The zero-order valence-corrected chi connectivity index (χ0v) is 14.6. The smallest absolute Gasteiger partial charge is 0.129 e. The van der Waals surface area contributed by atoms with Gasteiger partial charge in [-0.25, -0.2) is 0 Å². The molecule has 126 valence electrons. The van der Waals surface area contributed by atoms with Crippen LogP contribution in [0.4, 0.5) is 0 Å². The van der Waals surface area contributed by atoms with E-state index in [0.717, 1.165) is 18.7 Å². The first kappa shape index (κ1) is 17.7. The van der Waals surface area contributed by atoms with Crippen molar-refractivity contribution in [3.05, 3.63) is 42.0 Å². The van der Waals surface area contributed by atoms with Crippen LogP contribution in [0.5, 0.6) is 0 Å². The molecule has 0 spiro atoms. The van der Waals surface area contributed by atoms with Gasteiger partial charge in [0.25, 0.3) is 0 Å². The highest BCUT2D eigenvalue weighted by Gasteiger charge is 2.09. The molecule has 0 aliphatic carbocycles. The molecular formula is C20H30N2O. The number of benzene rings is 1. The van der Waals surface area contributed by atoms with Gasteiger partial charge < -0.3 is 4.84 Å². The van der Waals surface area contributed by atoms with Crippen molar-refractivity contribution in [3.63, 3.8) is 0 Å². The maximum absolute atomic E-state index is 5.58. The molecule has 0 unspecified atom stereocenters. The van der Waals surface area contributed by atoms with E-state index in [9.17, 15) is 0 Å². The number of allylic oxidation sites excluding steroid dienone is 1. The van der Waals surface area contributed by atoms with E-state index < -0.39 is 0 Å². The second-order valence-corrected chi connectivity index (χ2v) is 6.66. The summed E-state index contributed by atoms with van der Waals surface area (Å²) in [6, 6.07) is 10.3. The molecule has 1 saturated heterocycles. The van der Waals surface area contributed by atoms with Crippen LogP contribution in [-0.4, -0.2) is 36.9 Å². The van der Waals surface area contributed by atoms with Gasteiger partial charge in [-0.1, -0.05) is 61.8 Å². The Morgan fingerprint density at radius 3 is 2.61 bits per heavy atom. The molecule has 1 aromatic carbocycles. The monoisotopic (exact) mass is 314 g/mol. The predicted molar refractivity (Wildman–Crippen MR) is 98.6 cm³/mol. The predicted octanol–water partition coefficient (Wildman–Crippen LogP) is 4.60. The Kier molecular flexibility index (Phi) is 7.88. The van der Waals surface area contributed by atoms with Crippen molar-refractivity contribution in [2.24, 2.45) is 11.1 Å². The lowest BCUT2D eigenvalue weighted by Crippen LogP contribution is -2.32. The molecule has 23 heavy (non-hydrogen) atoms. The second-order valence-electron chi connectivity index (χ2n) is 6.66. The molecule has 0 N–H and O–H groups in total. The van der Waals surface area contributed by atoms with E-state index >= 15 is 0 Å². The third-order valence-corrected chi connectivity index (χ3v) is 4.01. The van der Waals surface area contributed by atoms with Crippen LogP contribution in [0.2, 0.25) is 0 Å². The standard InChI is InChI=1S/C20H30N2O/c1-18(2)17-20(12-11-19-9-5-3-6-10-19)21-23-16-15-22-13-7-4-8-14-22/h3,5-6,9-12,18H,4,7-8,13-17H2,1-2H3/b12-11+,21-20-. The van der Waals surface area contributed by atoms with Gasteiger partial charge in [0.2, 0.25) is 0 Å². The molecule has 1 aliphatic rings. The Morgan fingerprint density at radius 2 is 1.91 bits per heavy atom. The van der Waals surface area contributed by atoms with Gasteiger partial charge in [-0.3, -0.25) is 4.90 Å². The number of oxime groups is 1. The number of piperidine rings is 1. The molecule has 0 saturated carbocycles. The van der Waals surface area contributed by atoms with Gasteiger partial charge in [-0.2, -0.15) is 0 Å². The molecule has 2 rings (SSSR count). The van der Waals surface area contributed by atoms with Crippen LogP contribution < -0.4 is 0 Å². The molecule has 0 atom stereocenters. The number of likely N-dealkylation sites (tertiary alicyclic amines) is 1. The minimum absolute atomic E-state index is 0.569. The summed E-state index contributed by atoms with van der Waals surface area (Å²) in [5, 5.41) is 4.37. The summed E-state index contributed by atoms with van der Waals surface area (Å²) in [6.45, 7) is 8.50. The van der Waals surface area contributed by atoms with Gasteiger partial charge in [0, 0.05) is 6.54 Å². The van der Waals surface area contributed by atoms with Crippen molar-refractivity contribution in [1.29, 1.82) is 0 Å². The van der Waals surface area contributed by atoms with E-state index in [1.807, 2.05) is 18.2 Å². The first-order valence-electron chi connectivity index (χ1n) is 8.88. The Balaban J connectivity index is 1.82. The SMILES string of the molecule is CC(C)CC(/C=C/c1ccccc1)=N\OCCN1CCCCC1. The van der Waals surface area contributed by atoms with Crippen LogP contribution in [0.15, 0.2) is 41.6 Å². The summed E-state index contributed by atoms with van der Waals surface area (Å²) in [4.78, 5) is 8.06. The van der Waals surface area contributed by atoms with E-state index in [1.165, 1.54) is 37.9 Å². The summed E-state index contributed by atoms with van der Waals surface area (Å²) >= 11 is 0. The number of nitrogens with zero attached hydrogens (tertiary/aromatic N) is 2. The van der Waals surface area contributed by atoms with Crippen molar-refractivity contribution in [3.8, 4) is 0 Å². The molecule has 1 aromatic rings. The van der Waals surface area contributed by atoms with E-state index in [1.54, 1.807) is 0 Å². The first-order chi connectivity index (χ1) is 11.2. The molecule has 1 heterocycles. The molecule has 0 amide bonds. The van der Waals surface area contributed by atoms with E-state index in [4.69, 9.17) is 4.84 Å².